The van der Waals surface area contributed by atoms with E-state index in [0.29, 0.717) is 10.9 Å². The summed E-state index contributed by atoms with van der Waals surface area (Å²) in [5, 5.41) is 0.630. The molecular weight excluding hydrogens is 295 g/mol. The molecule has 1 heterocycles. The van der Waals surface area contributed by atoms with E-state index >= 15 is 0 Å². The van der Waals surface area contributed by atoms with E-state index in [2.05, 4.69) is 15.9 Å². The van der Waals surface area contributed by atoms with Crippen molar-refractivity contribution in [3.63, 3.8) is 0 Å². The van der Waals surface area contributed by atoms with Crippen LogP contribution in [-0.2, 0) is 13.2 Å². The summed E-state index contributed by atoms with van der Waals surface area (Å²) >= 11 is 3.07. The van der Waals surface area contributed by atoms with E-state index in [-0.39, 0.29) is 4.47 Å². The zero-order valence-corrected chi connectivity index (χ0v) is 11.2. The van der Waals surface area contributed by atoms with E-state index in [0.717, 1.165) is 11.1 Å². The summed E-state index contributed by atoms with van der Waals surface area (Å²) in [4.78, 5) is 0. The number of aryl methyl sites for hydroxylation is 3. The van der Waals surface area contributed by atoms with Crippen LogP contribution in [0, 0.1) is 13.8 Å². The maximum absolute atomic E-state index is 12.9. The Morgan fingerprint density at radius 3 is 2.29 bits per heavy atom. The van der Waals surface area contributed by atoms with E-state index in [9.17, 15) is 13.2 Å². The van der Waals surface area contributed by atoms with Crippen LogP contribution in [0.2, 0.25) is 0 Å². The van der Waals surface area contributed by atoms with Crippen molar-refractivity contribution in [1.82, 2.24) is 4.57 Å². The van der Waals surface area contributed by atoms with Gasteiger partial charge in [0.2, 0.25) is 0 Å². The summed E-state index contributed by atoms with van der Waals surface area (Å²) in [5.41, 5.74) is 1.76. The highest BCUT2D eigenvalue weighted by Crippen LogP contribution is 2.41. The molecule has 1 aromatic carbocycles. The van der Waals surface area contributed by atoms with Crippen molar-refractivity contribution in [2.75, 3.05) is 0 Å². The molecule has 0 aliphatic rings. The van der Waals surface area contributed by atoms with Crippen LogP contribution in [-0.4, -0.2) is 4.57 Å². The van der Waals surface area contributed by atoms with Crippen molar-refractivity contribution < 1.29 is 13.2 Å². The van der Waals surface area contributed by atoms with Crippen molar-refractivity contribution in [2.45, 2.75) is 20.0 Å². The Kier molecular flexibility index (Phi) is 2.77. The molecule has 0 bridgehead atoms. The molecular formula is C12H11BrF3N. The predicted molar refractivity (Wildman–Crippen MR) is 65.1 cm³/mol. The molecule has 2 aromatic rings. The van der Waals surface area contributed by atoms with Gasteiger partial charge in [-0.15, -0.1) is 0 Å². The quantitative estimate of drug-likeness (QED) is 0.671. The molecule has 5 heteroatoms. The van der Waals surface area contributed by atoms with Crippen molar-refractivity contribution in [3.8, 4) is 0 Å². The number of benzene rings is 1. The van der Waals surface area contributed by atoms with Crippen molar-refractivity contribution in [1.29, 1.82) is 0 Å². The SMILES string of the molecule is Cc1cc(C)c2c(Br)c(C(F)(F)F)n(C)c2c1. The first-order chi connectivity index (χ1) is 7.73. The summed E-state index contributed by atoms with van der Waals surface area (Å²) in [6.07, 6.45) is -4.35. The number of hydrogen-bond acceptors (Lipinski definition) is 0. The number of fused-ring (bicyclic) bond motifs is 1. The van der Waals surface area contributed by atoms with Crippen molar-refractivity contribution in [2.24, 2.45) is 7.05 Å². The van der Waals surface area contributed by atoms with Gasteiger partial charge in [-0.2, -0.15) is 13.2 Å². The van der Waals surface area contributed by atoms with Gasteiger partial charge in [-0.05, 0) is 47.0 Å². The lowest BCUT2D eigenvalue weighted by atomic mass is 10.1. The summed E-state index contributed by atoms with van der Waals surface area (Å²) in [5.74, 6) is 0. The van der Waals surface area contributed by atoms with Crippen LogP contribution in [0.25, 0.3) is 10.9 Å². The molecule has 0 fully saturated rings. The Morgan fingerprint density at radius 2 is 1.76 bits per heavy atom. The molecule has 1 nitrogen and oxygen atoms in total. The molecule has 0 aliphatic heterocycles. The molecule has 0 saturated carbocycles. The normalized spacial score (nSPS) is 12.4. The Balaban J connectivity index is 2.96. The van der Waals surface area contributed by atoms with Gasteiger partial charge in [0.05, 0.1) is 4.47 Å². The monoisotopic (exact) mass is 305 g/mol. The first kappa shape index (κ1) is 12.5. The lowest BCUT2D eigenvalue weighted by molar-refractivity contribution is -0.143. The summed E-state index contributed by atoms with van der Waals surface area (Å²) in [6.45, 7) is 3.70. The number of halogens is 4. The van der Waals surface area contributed by atoms with Crippen molar-refractivity contribution >= 4 is 26.8 Å². The van der Waals surface area contributed by atoms with Gasteiger partial charge in [0.25, 0.3) is 0 Å². The van der Waals surface area contributed by atoms with Crippen LogP contribution in [0.3, 0.4) is 0 Å². The third-order valence-electron chi connectivity index (χ3n) is 2.85. The van der Waals surface area contributed by atoms with Crippen LogP contribution in [0.15, 0.2) is 16.6 Å². The number of aromatic nitrogens is 1. The fraction of sp³-hybridized carbons (Fsp3) is 0.333. The number of rotatable bonds is 0. The first-order valence-corrected chi connectivity index (χ1v) is 5.85. The molecule has 0 aliphatic carbocycles. The smallest absolute Gasteiger partial charge is 0.339 e. The molecule has 0 saturated heterocycles. The summed E-state index contributed by atoms with van der Waals surface area (Å²) in [7, 11) is 1.44. The highest BCUT2D eigenvalue weighted by Gasteiger charge is 2.38. The Morgan fingerprint density at radius 1 is 1.18 bits per heavy atom. The fourth-order valence-electron chi connectivity index (χ4n) is 2.20. The second kappa shape index (κ2) is 3.77. The van der Waals surface area contributed by atoms with Gasteiger partial charge in [0.1, 0.15) is 5.69 Å². The zero-order valence-electron chi connectivity index (χ0n) is 9.61. The lowest BCUT2D eigenvalue weighted by Crippen LogP contribution is -2.11. The molecule has 0 amide bonds. The van der Waals surface area contributed by atoms with Crippen LogP contribution >= 0.6 is 15.9 Å². The summed E-state index contributed by atoms with van der Waals surface area (Å²) < 4.78 is 40.1. The van der Waals surface area contributed by atoms with Gasteiger partial charge < -0.3 is 4.57 Å². The van der Waals surface area contributed by atoms with Crippen LogP contribution < -0.4 is 0 Å². The minimum absolute atomic E-state index is 0.125. The van der Waals surface area contributed by atoms with Gasteiger partial charge in [0, 0.05) is 18.0 Å². The van der Waals surface area contributed by atoms with Gasteiger partial charge in [-0.25, -0.2) is 0 Å². The van der Waals surface area contributed by atoms with Gasteiger partial charge in [-0.1, -0.05) is 6.07 Å². The third kappa shape index (κ3) is 1.86. The second-order valence-electron chi connectivity index (χ2n) is 4.20. The Hall–Kier alpha value is -0.970. The van der Waals surface area contributed by atoms with E-state index in [1.165, 1.54) is 11.6 Å². The average Bonchev–Trinajstić information content (AvgIpc) is 2.37. The van der Waals surface area contributed by atoms with Gasteiger partial charge >= 0.3 is 6.18 Å². The van der Waals surface area contributed by atoms with Gasteiger partial charge in [0.15, 0.2) is 0 Å². The van der Waals surface area contributed by atoms with Gasteiger partial charge in [-0.3, -0.25) is 0 Å². The number of alkyl halides is 3. The number of hydrogen-bond donors (Lipinski definition) is 0. The van der Waals surface area contributed by atoms with Crippen LogP contribution in [0.5, 0.6) is 0 Å². The van der Waals surface area contributed by atoms with Crippen molar-refractivity contribution in [3.05, 3.63) is 33.4 Å². The Labute approximate surface area is 105 Å². The highest BCUT2D eigenvalue weighted by atomic mass is 79.9. The predicted octanol–water partition coefficient (Wildman–Crippen LogP) is 4.58. The second-order valence-corrected chi connectivity index (χ2v) is 4.99. The van der Waals surface area contributed by atoms with Crippen LogP contribution in [0.1, 0.15) is 16.8 Å². The molecule has 0 spiro atoms. The molecule has 0 atom stereocenters. The summed E-state index contributed by atoms with van der Waals surface area (Å²) in [6, 6.07) is 3.65. The molecule has 2 rings (SSSR count). The number of nitrogens with zero attached hydrogens (tertiary/aromatic N) is 1. The van der Waals surface area contributed by atoms with E-state index < -0.39 is 11.9 Å². The minimum atomic E-state index is -4.35. The molecule has 0 unspecified atom stereocenters. The molecule has 92 valence electrons. The maximum Gasteiger partial charge on any atom is 0.432 e. The topological polar surface area (TPSA) is 4.93 Å². The van der Waals surface area contributed by atoms with Crippen LogP contribution in [0.4, 0.5) is 13.2 Å². The van der Waals surface area contributed by atoms with E-state index in [4.69, 9.17) is 0 Å². The van der Waals surface area contributed by atoms with E-state index in [1.54, 1.807) is 6.07 Å². The molecule has 1 aromatic heterocycles. The molecule has 0 radical (unpaired) electrons. The maximum atomic E-state index is 12.9. The van der Waals surface area contributed by atoms with E-state index in [1.807, 2.05) is 19.9 Å². The highest BCUT2D eigenvalue weighted by molar-refractivity contribution is 9.10. The third-order valence-corrected chi connectivity index (χ3v) is 3.62. The largest absolute Gasteiger partial charge is 0.432 e. The first-order valence-electron chi connectivity index (χ1n) is 5.06. The molecule has 17 heavy (non-hydrogen) atoms. The zero-order chi connectivity index (χ0) is 13.0. The minimum Gasteiger partial charge on any atom is -0.339 e. The standard InChI is InChI=1S/C12H11BrF3N/c1-6-4-7(2)9-8(5-6)17(3)11(10(9)13)12(14,15)16/h4-5H,1-3H3. The Bertz CT molecular complexity index is 596. The molecule has 0 N–H and O–H groups in total. The fourth-order valence-corrected chi connectivity index (χ4v) is 3.20. The average molecular weight is 306 g/mol. The lowest BCUT2D eigenvalue weighted by Gasteiger charge is -2.08.